The zero-order valence-electron chi connectivity index (χ0n) is 14.9. The number of carbonyl (C=O) groups excluding carboxylic acids is 2. The van der Waals surface area contributed by atoms with E-state index in [4.69, 9.17) is 0 Å². The van der Waals surface area contributed by atoms with Crippen LogP contribution in [-0.2, 0) is 9.59 Å². The number of rotatable bonds is 5. The van der Waals surface area contributed by atoms with Gasteiger partial charge in [0.05, 0.1) is 11.8 Å². The summed E-state index contributed by atoms with van der Waals surface area (Å²) in [6, 6.07) is 23.2. The van der Waals surface area contributed by atoms with Gasteiger partial charge in [-0.05, 0) is 21.9 Å². The van der Waals surface area contributed by atoms with Crippen LogP contribution in [0.2, 0.25) is 0 Å². The molecule has 26 heavy (non-hydrogen) atoms. The van der Waals surface area contributed by atoms with Gasteiger partial charge in [0.2, 0.25) is 11.8 Å². The lowest BCUT2D eigenvalue weighted by molar-refractivity contribution is -0.128. The third-order valence-corrected chi connectivity index (χ3v) is 4.71. The van der Waals surface area contributed by atoms with Crippen molar-refractivity contribution in [2.75, 3.05) is 14.1 Å². The Morgan fingerprint density at radius 2 is 1.27 bits per heavy atom. The summed E-state index contributed by atoms with van der Waals surface area (Å²) >= 11 is 0. The highest BCUT2D eigenvalue weighted by Gasteiger charge is 2.36. The Hall–Kier alpha value is -3.14. The molecule has 132 valence electrons. The quantitative estimate of drug-likeness (QED) is 0.745. The van der Waals surface area contributed by atoms with Gasteiger partial charge in [0.1, 0.15) is 0 Å². The predicted octanol–water partition coefficient (Wildman–Crippen LogP) is 3.20. The second kappa shape index (κ2) is 7.83. The minimum absolute atomic E-state index is 0.182. The molecule has 2 atom stereocenters. The molecule has 0 heterocycles. The van der Waals surface area contributed by atoms with Crippen LogP contribution in [0.5, 0.6) is 0 Å². The van der Waals surface area contributed by atoms with Crippen LogP contribution in [0.1, 0.15) is 23.0 Å². The van der Waals surface area contributed by atoms with Gasteiger partial charge in [-0.2, -0.15) is 0 Å². The second-order valence-electron chi connectivity index (χ2n) is 6.16. The van der Waals surface area contributed by atoms with Crippen molar-refractivity contribution in [1.82, 2.24) is 10.6 Å². The topological polar surface area (TPSA) is 58.2 Å². The minimum Gasteiger partial charge on any atom is -0.359 e. The van der Waals surface area contributed by atoms with Crippen molar-refractivity contribution >= 4 is 22.6 Å². The fraction of sp³-hybridized carbons (Fsp3) is 0.182. The third-order valence-electron chi connectivity index (χ3n) is 4.71. The van der Waals surface area contributed by atoms with Gasteiger partial charge in [-0.15, -0.1) is 0 Å². The summed E-state index contributed by atoms with van der Waals surface area (Å²) < 4.78 is 0. The van der Waals surface area contributed by atoms with Crippen LogP contribution < -0.4 is 10.6 Å². The number of nitrogens with one attached hydrogen (secondary N) is 2. The molecule has 4 nitrogen and oxygen atoms in total. The maximum atomic E-state index is 12.9. The Bertz CT molecular complexity index is 916. The van der Waals surface area contributed by atoms with E-state index in [-0.39, 0.29) is 11.8 Å². The molecular formula is C22H22N2O2. The molecule has 0 fully saturated rings. The van der Waals surface area contributed by atoms with Gasteiger partial charge < -0.3 is 10.6 Å². The summed E-state index contributed by atoms with van der Waals surface area (Å²) in [5.41, 5.74) is 1.66. The van der Waals surface area contributed by atoms with Crippen molar-refractivity contribution in [3.05, 3.63) is 83.9 Å². The summed E-state index contributed by atoms with van der Waals surface area (Å²) in [5, 5.41) is 7.48. The van der Waals surface area contributed by atoms with Crippen molar-refractivity contribution in [3.63, 3.8) is 0 Å². The first-order valence-corrected chi connectivity index (χ1v) is 8.63. The molecule has 3 aromatic rings. The predicted molar refractivity (Wildman–Crippen MR) is 104 cm³/mol. The van der Waals surface area contributed by atoms with Gasteiger partial charge >= 0.3 is 0 Å². The first-order valence-electron chi connectivity index (χ1n) is 8.63. The number of benzene rings is 3. The smallest absolute Gasteiger partial charge is 0.228 e. The Balaban J connectivity index is 2.24. The molecule has 0 saturated heterocycles. The molecule has 0 aliphatic carbocycles. The summed E-state index contributed by atoms with van der Waals surface area (Å²) in [5.74, 6) is -1.61. The van der Waals surface area contributed by atoms with E-state index in [2.05, 4.69) is 10.6 Å². The average Bonchev–Trinajstić information content (AvgIpc) is 2.71. The van der Waals surface area contributed by atoms with E-state index < -0.39 is 11.8 Å². The Labute approximate surface area is 153 Å². The molecule has 4 heteroatoms. The zero-order valence-corrected chi connectivity index (χ0v) is 14.9. The standard InChI is InChI=1S/C22H22N2O2/c1-23-21(25)19(16-10-4-3-5-11-16)20(22(26)24-2)18-14-8-12-15-9-6-7-13-17(15)18/h3-14,19-20H,1-2H3,(H,23,25)(H,24,26)/t19-,20-/m0/s1. The van der Waals surface area contributed by atoms with Crippen molar-refractivity contribution in [2.45, 2.75) is 11.8 Å². The van der Waals surface area contributed by atoms with Crippen LogP contribution in [-0.4, -0.2) is 25.9 Å². The lowest BCUT2D eigenvalue weighted by Gasteiger charge is -2.26. The van der Waals surface area contributed by atoms with Crippen molar-refractivity contribution in [2.24, 2.45) is 0 Å². The van der Waals surface area contributed by atoms with Gasteiger partial charge in [-0.1, -0.05) is 72.8 Å². The van der Waals surface area contributed by atoms with Gasteiger partial charge in [-0.25, -0.2) is 0 Å². The maximum absolute atomic E-state index is 12.9. The van der Waals surface area contributed by atoms with Crippen LogP contribution >= 0.6 is 0 Å². The SMILES string of the molecule is CNC(=O)[C@@H](c1ccccc1)[C@@H](C(=O)NC)c1cccc2ccccc12. The van der Waals surface area contributed by atoms with E-state index in [0.717, 1.165) is 21.9 Å². The van der Waals surface area contributed by atoms with Gasteiger partial charge in [0.15, 0.2) is 0 Å². The Morgan fingerprint density at radius 1 is 0.692 bits per heavy atom. The van der Waals surface area contributed by atoms with E-state index in [1.54, 1.807) is 14.1 Å². The number of hydrogen-bond acceptors (Lipinski definition) is 2. The van der Waals surface area contributed by atoms with Crippen molar-refractivity contribution in [3.8, 4) is 0 Å². The molecule has 0 bridgehead atoms. The highest BCUT2D eigenvalue weighted by atomic mass is 16.2. The number of likely N-dealkylation sites (N-methyl/N-ethyl adjacent to an activating group) is 2. The second-order valence-corrected chi connectivity index (χ2v) is 6.16. The minimum atomic E-state index is -0.631. The molecule has 0 spiro atoms. The van der Waals surface area contributed by atoms with Gasteiger partial charge in [-0.3, -0.25) is 9.59 Å². The Morgan fingerprint density at radius 3 is 1.96 bits per heavy atom. The van der Waals surface area contributed by atoms with E-state index >= 15 is 0 Å². The van der Waals surface area contributed by atoms with Crippen LogP contribution in [0.25, 0.3) is 10.8 Å². The molecule has 0 aromatic heterocycles. The lowest BCUT2D eigenvalue weighted by atomic mass is 9.78. The van der Waals surface area contributed by atoms with Crippen LogP contribution in [0.3, 0.4) is 0 Å². The summed E-state index contributed by atoms with van der Waals surface area (Å²) in [6.45, 7) is 0. The van der Waals surface area contributed by atoms with Crippen molar-refractivity contribution < 1.29 is 9.59 Å². The molecule has 2 N–H and O–H groups in total. The zero-order chi connectivity index (χ0) is 18.5. The fourth-order valence-electron chi connectivity index (χ4n) is 3.46. The van der Waals surface area contributed by atoms with E-state index in [1.165, 1.54) is 0 Å². The first kappa shape index (κ1) is 17.7. The monoisotopic (exact) mass is 346 g/mol. The molecule has 3 aromatic carbocycles. The Kier molecular flexibility index (Phi) is 5.32. The number of hydrogen-bond donors (Lipinski definition) is 2. The molecule has 0 unspecified atom stereocenters. The molecule has 3 rings (SSSR count). The summed E-state index contributed by atoms with van der Waals surface area (Å²) in [7, 11) is 3.20. The average molecular weight is 346 g/mol. The normalized spacial score (nSPS) is 13.0. The third kappa shape index (κ3) is 3.31. The maximum Gasteiger partial charge on any atom is 0.228 e. The highest BCUT2D eigenvalue weighted by molar-refractivity contribution is 5.98. The number of fused-ring (bicyclic) bond motifs is 1. The molecule has 2 amide bonds. The summed E-state index contributed by atoms with van der Waals surface area (Å²) in [6.07, 6.45) is 0. The molecule has 0 aliphatic heterocycles. The molecule has 0 saturated carbocycles. The first-order chi connectivity index (χ1) is 12.7. The summed E-state index contributed by atoms with van der Waals surface area (Å²) in [4.78, 5) is 25.7. The van der Waals surface area contributed by atoms with E-state index in [1.807, 2.05) is 72.8 Å². The van der Waals surface area contributed by atoms with E-state index in [0.29, 0.717) is 0 Å². The van der Waals surface area contributed by atoms with Gasteiger partial charge in [0.25, 0.3) is 0 Å². The lowest BCUT2D eigenvalue weighted by Crippen LogP contribution is -2.37. The van der Waals surface area contributed by atoms with Crippen LogP contribution in [0, 0.1) is 0 Å². The number of carbonyl (C=O) groups is 2. The van der Waals surface area contributed by atoms with Crippen LogP contribution in [0.15, 0.2) is 72.8 Å². The number of amides is 2. The molecule has 0 radical (unpaired) electrons. The van der Waals surface area contributed by atoms with Crippen molar-refractivity contribution in [1.29, 1.82) is 0 Å². The van der Waals surface area contributed by atoms with Gasteiger partial charge in [0, 0.05) is 14.1 Å². The molecule has 0 aliphatic rings. The fourth-order valence-corrected chi connectivity index (χ4v) is 3.46. The molecular weight excluding hydrogens is 324 g/mol. The largest absolute Gasteiger partial charge is 0.359 e. The van der Waals surface area contributed by atoms with E-state index in [9.17, 15) is 9.59 Å². The highest BCUT2D eigenvalue weighted by Crippen LogP contribution is 2.37. The van der Waals surface area contributed by atoms with Crippen LogP contribution in [0.4, 0.5) is 0 Å².